The molecular formula is C9H17N. The van der Waals surface area contributed by atoms with Gasteiger partial charge in [-0.15, -0.1) is 0 Å². The van der Waals surface area contributed by atoms with Crippen LogP contribution in [0.4, 0.5) is 0 Å². The minimum absolute atomic E-state index is 0.400. The molecule has 0 aromatic heterocycles. The number of allylic oxidation sites excluding steroid dienone is 1. The van der Waals surface area contributed by atoms with Crippen molar-refractivity contribution >= 4 is 0 Å². The summed E-state index contributed by atoms with van der Waals surface area (Å²) < 4.78 is 0. The molecule has 0 amide bonds. The summed E-state index contributed by atoms with van der Waals surface area (Å²) in [6.45, 7) is 2.16. The third-order valence-electron chi connectivity index (χ3n) is 2.31. The SMILES string of the molecule is CC[C@@H](N)[C@@H]1C=CCCC1. The van der Waals surface area contributed by atoms with Crippen molar-refractivity contribution in [2.45, 2.75) is 38.6 Å². The molecule has 2 N–H and O–H groups in total. The number of hydrogen-bond donors (Lipinski definition) is 1. The Morgan fingerprint density at radius 1 is 1.70 bits per heavy atom. The van der Waals surface area contributed by atoms with E-state index >= 15 is 0 Å². The van der Waals surface area contributed by atoms with Crippen LogP contribution in [-0.2, 0) is 0 Å². The monoisotopic (exact) mass is 139 g/mol. The van der Waals surface area contributed by atoms with Crippen molar-refractivity contribution in [2.75, 3.05) is 0 Å². The largest absolute Gasteiger partial charge is 0.327 e. The topological polar surface area (TPSA) is 26.0 Å². The molecule has 0 aromatic rings. The Labute approximate surface area is 63.3 Å². The minimum atomic E-state index is 0.400. The lowest BCUT2D eigenvalue weighted by molar-refractivity contribution is 0.435. The van der Waals surface area contributed by atoms with Crippen molar-refractivity contribution in [3.05, 3.63) is 12.2 Å². The highest BCUT2D eigenvalue weighted by molar-refractivity contribution is 4.96. The molecule has 1 rings (SSSR count). The molecule has 0 saturated heterocycles. The third-order valence-corrected chi connectivity index (χ3v) is 2.31. The van der Waals surface area contributed by atoms with E-state index in [1.54, 1.807) is 0 Å². The zero-order valence-electron chi connectivity index (χ0n) is 6.72. The standard InChI is InChI=1S/C9H17N/c1-2-9(10)8-6-4-3-5-7-8/h4,6,8-9H,2-3,5,7,10H2,1H3/t8-,9-/m1/s1. The van der Waals surface area contributed by atoms with Gasteiger partial charge in [0.25, 0.3) is 0 Å². The highest BCUT2D eigenvalue weighted by atomic mass is 14.6. The van der Waals surface area contributed by atoms with E-state index < -0.39 is 0 Å². The Morgan fingerprint density at radius 3 is 3.00 bits per heavy atom. The second-order valence-corrected chi connectivity index (χ2v) is 3.10. The van der Waals surface area contributed by atoms with Gasteiger partial charge in [-0.05, 0) is 31.6 Å². The van der Waals surface area contributed by atoms with Gasteiger partial charge in [-0.1, -0.05) is 19.1 Å². The fraction of sp³-hybridized carbons (Fsp3) is 0.778. The third kappa shape index (κ3) is 1.84. The van der Waals surface area contributed by atoms with Crippen molar-refractivity contribution in [3.8, 4) is 0 Å². The maximum Gasteiger partial charge on any atom is 0.00992 e. The van der Waals surface area contributed by atoms with Crippen LogP contribution in [0.1, 0.15) is 32.6 Å². The summed E-state index contributed by atoms with van der Waals surface area (Å²) in [5.74, 6) is 0.666. The second kappa shape index (κ2) is 3.77. The predicted molar refractivity (Wildman–Crippen MR) is 44.7 cm³/mol. The Bertz CT molecular complexity index is 118. The zero-order valence-corrected chi connectivity index (χ0v) is 6.72. The van der Waals surface area contributed by atoms with E-state index in [2.05, 4.69) is 19.1 Å². The van der Waals surface area contributed by atoms with Crippen LogP contribution in [-0.4, -0.2) is 6.04 Å². The molecule has 0 saturated carbocycles. The fourth-order valence-electron chi connectivity index (χ4n) is 1.50. The maximum absolute atomic E-state index is 5.90. The van der Waals surface area contributed by atoms with Gasteiger partial charge < -0.3 is 5.73 Å². The van der Waals surface area contributed by atoms with Crippen LogP contribution in [0.5, 0.6) is 0 Å². The Hall–Kier alpha value is -0.300. The van der Waals surface area contributed by atoms with Gasteiger partial charge in [0.1, 0.15) is 0 Å². The van der Waals surface area contributed by atoms with E-state index in [1.165, 1.54) is 19.3 Å². The summed E-state index contributed by atoms with van der Waals surface area (Å²) in [7, 11) is 0. The maximum atomic E-state index is 5.90. The van der Waals surface area contributed by atoms with Crippen LogP contribution in [0.15, 0.2) is 12.2 Å². The average Bonchev–Trinajstić information content (AvgIpc) is 2.05. The second-order valence-electron chi connectivity index (χ2n) is 3.10. The van der Waals surface area contributed by atoms with Crippen molar-refractivity contribution < 1.29 is 0 Å². The summed E-state index contributed by atoms with van der Waals surface area (Å²) in [6, 6.07) is 0.400. The van der Waals surface area contributed by atoms with Crippen LogP contribution < -0.4 is 5.73 Å². The van der Waals surface area contributed by atoms with Gasteiger partial charge >= 0.3 is 0 Å². The molecule has 0 aliphatic heterocycles. The van der Waals surface area contributed by atoms with E-state index in [1.807, 2.05) is 0 Å². The average molecular weight is 139 g/mol. The van der Waals surface area contributed by atoms with Crippen LogP contribution in [0, 0.1) is 5.92 Å². The van der Waals surface area contributed by atoms with Gasteiger partial charge in [-0.3, -0.25) is 0 Å². The van der Waals surface area contributed by atoms with Crippen molar-refractivity contribution in [2.24, 2.45) is 11.7 Å². The van der Waals surface area contributed by atoms with Crippen LogP contribution in [0.3, 0.4) is 0 Å². The highest BCUT2D eigenvalue weighted by Gasteiger charge is 2.14. The normalized spacial score (nSPS) is 28.4. The van der Waals surface area contributed by atoms with E-state index in [0.717, 1.165) is 6.42 Å². The molecule has 10 heavy (non-hydrogen) atoms. The first-order valence-electron chi connectivity index (χ1n) is 4.27. The van der Waals surface area contributed by atoms with Gasteiger partial charge in [0, 0.05) is 6.04 Å². The Morgan fingerprint density at radius 2 is 2.50 bits per heavy atom. The van der Waals surface area contributed by atoms with Crippen LogP contribution in [0.25, 0.3) is 0 Å². The van der Waals surface area contributed by atoms with Gasteiger partial charge in [0.05, 0.1) is 0 Å². The molecular weight excluding hydrogens is 122 g/mol. The lowest BCUT2D eigenvalue weighted by atomic mass is 9.89. The van der Waals surface area contributed by atoms with Gasteiger partial charge in [-0.25, -0.2) is 0 Å². The first-order valence-corrected chi connectivity index (χ1v) is 4.27. The minimum Gasteiger partial charge on any atom is -0.327 e. The molecule has 0 fully saturated rings. The first-order chi connectivity index (χ1) is 4.84. The molecule has 0 heterocycles. The molecule has 2 atom stereocenters. The molecule has 1 nitrogen and oxygen atoms in total. The lowest BCUT2D eigenvalue weighted by Gasteiger charge is -2.21. The smallest absolute Gasteiger partial charge is 0.00992 e. The van der Waals surface area contributed by atoms with Crippen molar-refractivity contribution in [1.29, 1.82) is 0 Å². The summed E-state index contributed by atoms with van der Waals surface area (Å²) in [4.78, 5) is 0. The molecule has 0 unspecified atom stereocenters. The van der Waals surface area contributed by atoms with Gasteiger partial charge in [0.2, 0.25) is 0 Å². The number of hydrogen-bond acceptors (Lipinski definition) is 1. The van der Waals surface area contributed by atoms with Crippen molar-refractivity contribution in [1.82, 2.24) is 0 Å². The lowest BCUT2D eigenvalue weighted by Crippen LogP contribution is -2.28. The summed E-state index contributed by atoms with van der Waals surface area (Å²) >= 11 is 0. The van der Waals surface area contributed by atoms with E-state index in [4.69, 9.17) is 5.73 Å². The molecule has 0 bridgehead atoms. The Balaban J connectivity index is 2.38. The van der Waals surface area contributed by atoms with Gasteiger partial charge in [-0.2, -0.15) is 0 Å². The molecule has 1 heteroatoms. The molecule has 0 aromatic carbocycles. The molecule has 0 spiro atoms. The summed E-state index contributed by atoms with van der Waals surface area (Å²) in [5, 5.41) is 0. The number of nitrogens with two attached hydrogens (primary N) is 1. The summed E-state index contributed by atoms with van der Waals surface area (Å²) in [5.41, 5.74) is 5.90. The van der Waals surface area contributed by atoms with Crippen LogP contribution >= 0.6 is 0 Å². The van der Waals surface area contributed by atoms with E-state index in [-0.39, 0.29) is 0 Å². The molecule has 1 aliphatic carbocycles. The van der Waals surface area contributed by atoms with Crippen LogP contribution in [0.2, 0.25) is 0 Å². The molecule has 58 valence electrons. The summed E-state index contributed by atoms with van der Waals surface area (Å²) in [6.07, 6.45) is 9.55. The first kappa shape index (κ1) is 7.80. The molecule has 1 aliphatic rings. The molecule has 0 radical (unpaired) electrons. The fourth-order valence-corrected chi connectivity index (χ4v) is 1.50. The van der Waals surface area contributed by atoms with E-state index in [0.29, 0.717) is 12.0 Å². The zero-order chi connectivity index (χ0) is 7.40. The Kier molecular flexibility index (Phi) is 2.94. The predicted octanol–water partition coefficient (Wildman–Crippen LogP) is 2.08. The highest BCUT2D eigenvalue weighted by Crippen LogP contribution is 2.20. The van der Waals surface area contributed by atoms with Gasteiger partial charge in [0.15, 0.2) is 0 Å². The number of rotatable bonds is 2. The quantitative estimate of drug-likeness (QED) is 0.582. The van der Waals surface area contributed by atoms with E-state index in [9.17, 15) is 0 Å². The van der Waals surface area contributed by atoms with Crippen molar-refractivity contribution in [3.63, 3.8) is 0 Å².